The fraction of sp³-hybridized carbons (Fsp3) is 0.308. The van der Waals surface area contributed by atoms with Crippen LogP contribution < -0.4 is 5.73 Å². The second-order valence-electron chi connectivity index (χ2n) is 3.23. The van der Waals surface area contributed by atoms with Crippen LogP contribution in [0.4, 0.5) is 5.69 Å². The second-order valence-corrected chi connectivity index (χ2v) is 3.23. The summed E-state index contributed by atoms with van der Waals surface area (Å²) in [5.74, 6) is 0.185. The quantitative estimate of drug-likeness (QED) is 0.823. The van der Waals surface area contributed by atoms with Gasteiger partial charge in [-0.15, -0.1) is 0 Å². The minimum atomic E-state index is 0. The van der Waals surface area contributed by atoms with Gasteiger partial charge in [-0.3, -0.25) is 0 Å². The summed E-state index contributed by atoms with van der Waals surface area (Å²) in [6.45, 7) is 6.01. The number of fused-ring (bicyclic) bond motifs is 1. The Balaban J connectivity index is 0.000000811. The third-order valence-electron chi connectivity index (χ3n) is 2.27. The van der Waals surface area contributed by atoms with Crippen LogP contribution in [0.25, 0.3) is 10.9 Å². The Hall–Kier alpha value is -0.406. The van der Waals surface area contributed by atoms with Crippen molar-refractivity contribution in [2.75, 3.05) is 5.73 Å². The van der Waals surface area contributed by atoms with Crippen LogP contribution in [0, 0.1) is 41.3 Å². The Morgan fingerprint density at radius 2 is 1.94 bits per heavy atom. The zero-order chi connectivity index (χ0) is 12.1. The van der Waals surface area contributed by atoms with Gasteiger partial charge in [0.25, 0.3) is 0 Å². The number of benzene rings is 1. The Bertz CT molecular complexity index is 486. The zero-order valence-corrected chi connectivity index (χ0v) is 14.3. The molecule has 0 amide bonds. The minimum Gasteiger partial charge on any atom is -0.506 e. The van der Waals surface area contributed by atoms with Crippen molar-refractivity contribution in [3.63, 3.8) is 0 Å². The molecule has 0 aliphatic heterocycles. The van der Waals surface area contributed by atoms with Gasteiger partial charge in [-0.25, -0.2) is 4.98 Å². The van der Waals surface area contributed by atoms with Gasteiger partial charge in [0.1, 0.15) is 11.3 Å². The fourth-order valence-electron chi connectivity index (χ4n) is 1.50. The van der Waals surface area contributed by atoms with Gasteiger partial charge >= 0.3 is 0 Å². The summed E-state index contributed by atoms with van der Waals surface area (Å²) in [7, 11) is 0. The number of nitrogens with two attached hydrogens (primary N) is 1. The van der Waals surface area contributed by atoms with E-state index in [1.54, 1.807) is 12.1 Å². The van der Waals surface area contributed by atoms with Crippen molar-refractivity contribution >= 4 is 16.6 Å². The van der Waals surface area contributed by atoms with E-state index in [-0.39, 0.29) is 47.0 Å². The molecular formula is C13H18N2OPr. The first kappa shape index (κ1) is 16.6. The molecule has 0 spiro atoms. The number of aromatic hydroxyl groups is 1. The van der Waals surface area contributed by atoms with Gasteiger partial charge in [0.05, 0.1) is 0 Å². The standard InChI is InChI=1S/C11H12N2O.C2H6.Pr/c1-2-7-6-9(12)8-4-3-5-10(14)11(8)13-7;1-2;/h3-6,14H,2H2,1H3,(H2,12,13);1-2H3;. The van der Waals surface area contributed by atoms with E-state index in [4.69, 9.17) is 5.73 Å². The number of phenols is 1. The van der Waals surface area contributed by atoms with Crippen LogP contribution in [0.3, 0.4) is 0 Å². The summed E-state index contributed by atoms with van der Waals surface area (Å²) in [4.78, 5) is 4.32. The maximum atomic E-state index is 9.60. The topological polar surface area (TPSA) is 59.1 Å². The molecule has 0 aliphatic carbocycles. The van der Waals surface area contributed by atoms with Gasteiger partial charge < -0.3 is 10.8 Å². The maximum Gasteiger partial charge on any atom is 0.141 e. The van der Waals surface area contributed by atoms with Crippen molar-refractivity contribution in [3.8, 4) is 5.75 Å². The van der Waals surface area contributed by atoms with Crippen LogP contribution in [0.5, 0.6) is 5.75 Å². The van der Waals surface area contributed by atoms with E-state index in [9.17, 15) is 5.11 Å². The van der Waals surface area contributed by atoms with Crippen LogP contribution in [-0.2, 0) is 6.42 Å². The van der Waals surface area contributed by atoms with Crippen LogP contribution >= 0.6 is 0 Å². The molecule has 1 heterocycles. The van der Waals surface area contributed by atoms with Crippen molar-refractivity contribution in [1.29, 1.82) is 0 Å². The molecule has 0 saturated carbocycles. The molecule has 2 rings (SSSR count). The number of aryl methyl sites for hydroxylation is 1. The number of aromatic nitrogens is 1. The maximum absolute atomic E-state index is 9.60. The molecule has 17 heavy (non-hydrogen) atoms. The third kappa shape index (κ3) is 3.78. The van der Waals surface area contributed by atoms with Gasteiger partial charge in [0.2, 0.25) is 0 Å². The summed E-state index contributed by atoms with van der Waals surface area (Å²) in [6.07, 6.45) is 0.814. The largest absolute Gasteiger partial charge is 0.506 e. The molecule has 4 heteroatoms. The Labute approximate surface area is 135 Å². The zero-order valence-electron chi connectivity index (χ0n) is 10.6. The fourth-order valence-corrected chi connectivity index (χ4v) is 1.50. The monoisotopic (exact) mass is 359 g/mol. The first-order chi connectivity index (χ1) is 7.72. The van der Waals surface area contributed by atoms with Gasteiger partial charge in [0, 0.05) is 58.1 Å². The van der Waals surface area contributed by atoms with Crippen LogP contribution in [0.15, 0.2) is 24.3 Å². The van der Waals surface area contributed by atoms with Crippen LogP contribution in [0.1, 0.15) is 26.5 Å². The predicted octanol–water partition coefficient (Wildman–Crippen LogP) is 3.11. The van der Waals surface area contributed by atoms with Crippen molar-refractivity contribution < 1.29 is 46.4 Å². The average Bonchev–Trinajstić information content (AvgIpc) is 2.33. The molecular weight excluding hydrogens is 341 g/mol. The molecule has 1 aromatic heterocycles. The van der Waals surface area contributed by atoms with Gasteiger partial charge in [-0.2, -0.15) is 0 Å². The number of hydrogen-bond donors (Lipinski definition) is 2. The molecule has 0 saturated heterocycles. The summed E-state index contributed by atoms with van der Waals surface area (Å²) < 4.78 is 0. The number of anilines is 1. The van der Waals surface area contributed by atoms with E-state index in [2.05, 4.69) is 4.98 Å². The number of phenolic OH excluding ortho intramolecular Hbond substituents is 1. The molecule has 1 aromatic carbocycles. The molecule has 0 fully saturated rings. The van der Waals surface area contributed by atoms with Crippen molar-refractivity contribution in [2.24, 2.45) is 0 Å². The summed E-state index contributed by atoms with van der Waals surface area (Å²) in [6, 6.07) is 7.09. The van der Waals surface area contributed by atoms with Crippen LogP contribution in [-0.4, -0.2) is 10.1 Å². The van der Waals surface area contributed by atoms with Crippen molar-refractivity contribution in [3.05, 3.63) is 30.0 Å². The number of rotatable bonds is 1. The number of nitrogen functional groups attached to an aromatic ring is 1. The number of hydrogen-bond acceptors (Lipinski definition) is 3. The summed E-state index contributed by atoms with van der Waals surface area (Å²) in [5, 5.41) is 10.4. The second kappa shape index (κ2) is 7.83. The van der Waals surface area contributed by atoms with Crippen LogP contribution in [0.2, 0.25) is 0 Å². The Morgan fingerprint density at radius 1 is 1.29 bits per heavy atom. The van der Waals surface area contributed by atoms with E-state index in [1.807, 2.05) is 32.9 Å². The van der Waals surface area contributed by atoms with Crippen molar-refractivity contribution in [1.82, 2.24) is 4.98 Å². The molecule has 0 bridgehead atoms. The Morgan fingerprint density at radius 3 is 2.53 bits per heavy atom. The minimum absolute atomic E-state index is 0. The van der Waals surface area contributed by atoms with E-state index in [0.717, 1.165) is 17.5 Å². The summed E-state index contributed by atoms with van der Waals surface area (Å²) in [5.41, 5.74) is 8.01. The van der Waals surface area contributed by atoms with Gasteiger partial charge in [-0.1, -0.05) is 32.9 Å². The molecule has 2 aromatic rings. The Kier molecular flexibility index (Phi) is 7.64. The SMILES string of the molecule is CC.CCc1cc(N)c2cccc(O)c2n1.[Pr]. The average molecular weight is 359 g/mol. The first-order valence-corrected chi connectivity index (χ1v) is 5.59. The molecule has 89 valence electrons. The predicted molar refractivity (Wildman–Crippen MR) is 68.5 cm³/mol. The molecule has 0 aliphatic rings. The summed E-state index contributed by atoms with van der Waals surface area (Å²) >= 11 is 0. The number of para-hydroxylation sites is 1. The van der Waals surface area contributed by atoms with E-state index in [0.29, 0.717) is 11.2 Å². The molecule has 0 unspecified atom stereocenters. The van der Waals surface area contributed by atoms with Gasteiger partial charge in [0.15, 0.2) is 0 Å². The van der Waals surface area contributed by atoms with Gasteiger partial charge in [-0.05, 0) is 18.6 Å². The van der Waals surface area contributed by atoms with E-state index >= 15 is 0 Å². The van der Waals surface area contributed by atoms with E-state index < -0.39 is 0 Å². The number of nitrogens with zero attached hydrogens (tertiary/aromatic N) is 1. The first-order valence-electron chi connectivity index (χ1n) is 5.59. The smallest absolute Gasteiger partial charge is 0.141 e. The molecule has 1 radical (unpaired) electrons. The molecule has 0 atom stereocenters. The number of pyridine rings is 1. The normalized spacial score (nSPS) is 9.12. The third-order valence-corrected chi connectivity index (χ3v) is 2.27. The van der Waals surface area contributed by atoms with E-state index in [1.165, 1.54) is 0 Å². The molecule has 3 N–H and O–H groups in total. The van der Waals surface area contributed by atoms with Crippen molar-refractivity contribution in [2.45, 2.75) is 27.2 Å². The molecule has 3 nitrogen and oxygen atoms in total.